The van der Waals surface area contributed by atoms with Crippen molar-refractivity contribution in [3.05, 3.63) is 143 Å². The molecular weight excluding hydrogens is 812 g/mol. The number of aromatic nitrogens is 4. The maximum absolute atomic E-state index is 13.8. The summed E-state index contributed by atoms with van der Waals surface area (Å²) in [7, 11) is 0. The Kier molecular flexibility index (Phi) is 9.22. The second-order valence-corrected chi connectivity index (χ2v) is 13.2. The number of aryl methyl sites for hydroxylation is 3. The van der Waals surface area contributed by atoms with Crippen molar-refractivity contribution in [3.63, 3.8) is 0 Å². The molecular formula is C44H39FIrN4O-2. The third kappa shape index (κ3) is 6.89. The van der Waals surface area contributed by atoms with Gasteiger partial charge in [-0.3, -0.25) is 9.37 Å². The van der Waals surface area contributed by atoms with Crippen LogP contribution in [0.5, 0.6) is 0 Å². The number of hydrogen-bond acceptors (Lipinski definition) is 4. The van der Waals surface area contributed by atoms with Crippen molar-refractivity contribution in [1.82, 2.24) is 19.5 Å². The molecule has 0 aliphatic heterocycles. The molecule has 8 rings (SSSR count). The van der Waals surface area contributed by atoms with Crippen LogP contribution in [-0.2, 0) is 20.1 Å². The fraction of sp³-hybridized carbons (Fsp3) is 0.205. The van der Waals surface area contributed by atoms with E-state index in [1.54, 1.807) is 12.3 Å². The van der Waals surface area contributed by atoms with Crippen LogP contribution in [0.1, 0.15) is 71.6 Å². The molecule has 4 heterocycles. The molecule has 259 valence electrons. The number of benzene rings is 4. The summed E-state index contributed by atoms with van der Waals surface area (Å²) in [5.74, 6) is 0.854. The smallest absolute Gasteiger partial charge is 0.155 e. The van der Waals surface area contributed by atoms with Crippen LogP contribution >= 0.6 is 0 Å². The average molecular weight is 854 g/mol. The van der Waals surface area contributed by atoms with Gasteiger partial charge in [-0.25, -0.2) is 4.98 Å². The van der Waals surface area contributed by atoms with Crippen molar-refractivity contribution < 1.29 is 33.0 Å². The van der Waals surface area contributed by atoms with Crippen molar-refractivity contribution in [3.8, 4) is 28.3 Å². The quantitative estimate of drug-likeness (QED) is 0.162. The van der Waals surface area contributed by atoms with Gasteiger partial charge >= 0.3 is 0 Å². The summed E-state index contributed by atoms with van der Waals surface area (Å²) >= 11 is 0. The average Bonchev–Trinajstić information content (AvgIpc) is 3.70. The predicted molar refractivity (Wildman–Crippen MR) is 201 cm³/mol. The van der Waals surface area contributed by atoms with Gasteiger partial charge in [0.25, 0.3) is 0 Å². The first-order valence-corrected chi connectivity index (χ1v) is 16.8. The van der Waals surface area contributed by atoms with E-state index in [4.69, 9.17) is 18.5 Å². The summed E-state index contributed by atoms with van der Waals surface area (Å²) in [6.07, 6.45) is 1.63. The van der Waals surface area contributed by atoms with E-state index in [1.165, 1.54) is 17.2 Å². The molecule has 51 heavy (non-hydrogen) atoms. The van der Waals surface area contributed by atoms with Gasteiger partial charge in [0.1, 0.15) is 5.58 Å². The van der Waals surface area contributed by atoms with Crippen LogP contribution in [-0.4, -0.2) is 19.5 Å². The minimum absolute atomic E-state index is 0. The number of hydrogen-bond donors (Lipinski definition) is 0. The third-order valence-corrected chi connectivity index (χ3v) is 8.83. The second-order valence-electron chi connectivity index (χ2n) is 13.2. The minimum atomic E-state index is -2.32. The zero-order valence-electron chi connectivity index (χ0n) is 32.3. The van der Waals surface area contributed by atoms with Crippen LogP contribution in [0, 0.1) is 38.6 Å². The van der Waals surface area contributed by atoms with Crippen LogP contribution in [0.25, 0.3) is 61.4 Å². The fourth-order valence-corrected chi connectivity index (χ4v) is 6.34. The summed E-state index contributed by atoms with van der Waals surface area (Å²) in [5.41, 5.74) is 10.4. The molecule has 0 aliphatic carbocycles. The molecule has 0 aliphatic rings. The van der Waals surface area contributed by atoms with Crippen molar-refractivity contribution >= 4 is 33.1 Å². The zero-order valence-corrected chi connectivity index (χ0v) is 31.7. The molecule has 0 atom stereocenters. The van der Waals surface area contributed by atoms with Crippen LogP contribution in [0.15, 0.2) is 102 Å². The van der Waals surface area contributed by atoms with Gasteiger partial charge in [0.2, 0.25) is 0 Å². The maximum atomic E-state index is 13.8. The van der Waals surface area contributed by atoms with E-state index >= 15 is 0 Å². The summed E-state index contributed by atoms with van der Waals surface area (Å²) in [6, 6.07) is 34.8. The normalized spacial score (nSPS) is 12.5. The van der Waals surface area contributed by atoms with E-state index in [-0.39, 0.29) is 31.2 Å². The summed E-state index contributed by atoms with van der Waals surface area (Å²) in [4.78, 5) is 14.2. The second kappa shape index (κ2) is 14.7. The van der Waals surface area contributed by atoms with Crippen LogP contribution < -0.4 is 0 Å². The Morgan fingerprint density at radius 3 is 2.25 bits per heavy atom. The monoisotopic (exact) mass is 854 g/mol. The molecule has 1 radical (unpaired) electrons. The van der Waals surface area contributed by atoms with Gasteiger partial charge in [0, 0.05) is 53.0 Å². The Bertz CT molecular complexity index is 2580. The van der Waals surface area contributed by atoms with Gasteiger partial charge in [0.05, 0.1) is 16.9 Å². The maximum Gasteiger partial charge on any atom is 0.155 e. The molecule has 0 unspecified atom stereocenters. The number of pyridine rings is 2. The fourth-order valence-electron chi connectivity index (χ4n) is 6.34. The van der Waals surface area contributed by atoms with Gasteiger partial charge in [-0.2, -0.15) is 0 Å². The number of rotatable bonds is 5. The largest absolute Gasteiger partial charge is 0.501 e. The SMILES string of the molecule is Cc1ccc2nc(-c3[c-]ccc4c3oc3ccccc34)n(-c3c(C(C)C)cccc3C(C)C)c2n1.[2H]C([2H])([2H])c1c[c-]c(-c2ccc(C)cn2)c(F)c1.[Ir]. The number of para-hydroxylation sites is 2. The first kappa shape index (κ1) is 32.0. The first-order valence-electron chi connectivity index (χ1n) is 18.3. The molecule has 0 saturated heterocycles. The molecule has 0 bridgehead atoms. The van der Waals surface area contributed by atoms with Crippen molar-refractivity contribution in [2.75, 3.05) is 0 Å². The van der Waals surface area contributed by atoms with Crippen molar-refractivity contribution in [2.45, 2.75) is 60.2 Å². The number of furan rings is 1. The Labute approximate surface area is 316 Å². The number of fused-ring (bicyclic) bond motifs is 4. The van der Waals surface area contributed by atoms with Gasteiger partial charge in [-0.05, 0) is 66.3 Å². The van der Waals surface area contributed by atoms with Gasteiger partial charge in [0.15, 0.2) is 5.65 Å². The molecule has 7 heteroatoms. The molecule has 0 amide bonds. The van der Waals surface area contributed by atoms with E-state index in [0.717, 1.165) is 67.5 Å². The summed E-state index contributed by atoms with van der Waals surface area (Å²) in [5, 5.41) is 2.16. The summed E-state index contributed by atoms with van der Waals surface area (Å²) in [6.45, 7) is 10.6. The van der Waals surface area contributed by atoms with Crippen LogP contribution in [0.3, 0.4) is 0 Å². The van der Waals surface area contributed by atoms with E-state index in [2.05, 4.69) is 85.8 Å². The summed E-state index contributed by atoms with van der Waals surface area (Å²) < 4.78 is 44.1. The van der Waals surface area contributed by atoms with E-state index in [0.29, 0.717) is 17.5 Å². The van der Waals surface area contributed by atoms with Gasteiger partial charge < -0.3 is 14.0 Å². The molecule has 0 fully saturated rings. The van der Waals surface area contributed by atoms with Gasteiger partial charge in [-0.1, -0.05) is 99.6 Å². The third-order valence-electron chi connectivity index (χ3n) is 8.83. The molecule has 4 aromatic heterocycles. The Balaban J connectivity index is 0.000000222. The molecule has 4 aromatic carbocycles. The Morgan fingerprint density at radius 1 is 0.804 bits per heavy atom. The first-order chi connectivity index (χ1) is 25.3. The molecule has 5 nitrogen and oxygen atoms in total. The molecule has 8 aromatic rings. The number of imidazole rings is 1. The molecule has 0 spiro atoms. The van der Waals surface area contributed by atoms with E-state index < -0.39 is 12.7 Å². The van der Waals surface area contributed by atoms with Crippen molar-refractivity contribution in [1.29, 1.82) is 0 Å². The topological polar surface area (TPSA) is 56.7 Å². The number of nitrogens with zero attached hydrogens (tertiary/aromatic N) is 4. The zero-order chi connectivity index (χ0) is 37.6. The van der Waals surface area contributed by atoms with Crippen LogP contribution in [0.2, 0.25) is 0 Å². The Morgan fingerprint density at radius 2 is 1.57 bits per heavy atom. The molecule has 0 N–H and O–H groups in total. The standard InChI is InChI=1S/C31H28N3O.C13H11FN.Ir/c1-18(2)21-11-8-12-22(19(3)4)28(21)34-30(33-26-17-16-20(5)32-31(26)34)25-14-9-13-24-23-10-6-7-15-27(23)35-29(24)25;1-9-3-5-11(12(14)7-9)13-6-4-10(2)8-15-13;/h6-13,15-19H,1-5H3;3-4,6-8H,1-2H3;/q2*-1;/i;1D3;. The van der Waals surface area contributed by atoms with Gasteiger partial charge in [-0.15, -0.1) is 42.0 Å². The molecule has 0 saturated carbocycles. The van der Waals surface area contributed by atoms with Crippen LogP contribution in [0.4, 0.5) is 4.39 Å². The minimum Gasteiger partial charge on any atom is -0.501 e. The predicted octanol–water partition coefficient (Wildman–Crippen LogP) is 11.6. The van der Waals surface area contributed by atoms with E-state index in [1.807, 2.05) is 50.2 Å². The Hall–Kier alpha value is -4.97. The van der Waals surface area contributed by atoms with E-state index in [9.17, 15) is 4.39 Å². The number of halogens is 1. The van der Waals surface area contributed by atoms with Crippen molar-refractivity contribution in [2.24, 2.45) is 0 Å².